The van der Waals surface area contributed by atoms with Crippen molar-refractivity contribution >= 4 is 11.3 Å². The molecule has 0 saturated heterocycles. The van der Waals surface area contributed by atoms with Crippen molar-refractivity contribution < 1.29 is 13.9 Å². The summed E-state index contributed by atoms with van der Waals surface area (Å²) < 4.78 is 27.7. The Morgan fingerprint density at radius 3 is 3.04 bits per heavy atom. The lowest BCUT2D eigenvalue weighted by molar-refractivity contribution is 0.294. The molecule has 1 atom stereocenters. The third kappa shape index (κ3) is 2.80. The van der Waals surface area contributed by atoms with Crippen LogP contribution < -0.4 is 20.5 Å². The van der Waals surface area contributed by atoms with Gasteiger partial charge in [0.15, 0.2) is 11.6 Å². The van der Waals surface area contributed by atoms with Gasteiger partial charge in [-0.1, -0.05) is 0 Å². The molecule has 1 aliphatic heterocycles. The summed E-state index contributed by atoms with van der Waals surface area (Å²) in [6.07, 6.45) is 5.00. The summed E-state index contributed by atoms with van der Waals surface area (Å²) in [7, 11) is 0. The molecule has 0 spiro atoms. The van der Waals surface area contributed by atoms with Crippen molar-refractivity contribution in [3.8, 4) is 17.4 Å². The maximum Gasteiger partial charge on any atom is 0.247 e. The summed E-state index contributed by atoms with van der Waals surface area (Å²) in [5, 5.41) is 7.20. The maximum atomic E-state index is 14.7. The number of halogens is 1. The second kappa shape index (κ2) is 6.41. The van der Waals surface area contributed by atoms with Crippen molar-refractivity contribution in [1.29, 1.82) is 0 Å². The highest BCUT2D eigenvalue weighted by Gasteiger charge is 2.22. The van der Waals surface area contributed by atoms with Crippen LogP contribution in [0.1, 0.15) is 18.1 Å². The first kappa shape index (κ1) is 16.5. The topological polar surface area (TPSA) is 99.6 Å². The number of aryl methyl sites for hydroxylation is 1. The lowest BCUT2D eigenvalue weighted by Gasteiger charge is -2.10. The van der Waals surface area contributed by atoms with Gasteiger partial charge in [0.05, 0.1) is 12.4 Å². The van der Waals surface area contributed by atoms with Crippen LogP contribution in [0, 0.1) is 12.7 Å². The first-order valence-electron chi connectivity index (χ1n) is 8.35. The van der Waals surface area contributed by atoms with Crippen molar-refractivity contribution in [2.45, 2.75) is 26.3 Å². The molecule has 8 nitrogen and oxygen atoms in total. The zero-order chi connectivity index (χ0) is 18.3. The number of fused-ring (bicyclic) bond motifs is 2. The molecule has 0 radical (unpaired) electrons. The second-order valence-electron chi connectivity index (χ2n) is 6.31. The number of ether oxygens (including phenoxy) is 2. The average Bonchev–Trinajstić information content (AvgIpc) is 3.21. The van der Waals surface area contributed by atoms with Crippen LogP contribution in [0.25, 0.3) is 5.52 Å². The predicted molar refractivity (Wildman–Crippen MR) is 93.3 cm³/mol. The summed E-state index contributed by atoms with van der Waals surface area (Å²) in [5.74, 6) is 1.04. The van der Waals surface area contributed by atoms with E-state index in [1.54, 1.807) is 10.7 Å². The van der Waals surface area contributed by atoms with E-state index < -0.39 is 5.82 Å². The molecule has 0 amide bonds. The van der Waals surface area contributed by atoms with E-state index in [0.29, 0.717) is 42.2 Å². The number of nitrogens with one attached hydrogen (secondary N) is 1. The maximum absolute atomic E-state index is 14.7. The van der Waals surface area contributed by atoms with Gasteiger partial charge in [0, 0.05) is 23.7 Å². The lowest BCUT2D eigenvalue weighted by atomic mass is 10.2. The summed E-state index contributed by atoms with van der Waals surface area (Å²) in [6, 6.07) is -0.0978. The standard InChI is InChI=1S/C17H19FN6O2/c1-9(19)7-25-13-6-24-15(10(13)2)17(22-8-23-24)26-12-5-21-16-11(14(12)18)3-4-20-16/h5-6,8-9H,3-4,7,19H2,1-2H3,(H,20,21)/t9-/m1/s1. The number of aromatic nitrogens is 4. The van der Waals surface area contributed by atoms with Crippen LogP contribution in [0.3, 0.4) is 0 Å². The summed E-state index contributed by atoms with van der Waals surface area (Å²) >= 11 is 0. The fraction of sp³-hybridized carbons (Fsp3) is 0.353. The number of nitrogens with zero attached hydrogens (tertiary/aromatic N) is 4. The number of hydrogen-bond acceptors (Lipinski definition) is 7. The minimum Gasteiger partial charge on any atom is -0.490 e. The molecule has 26 heavy (non-hydrogen) atoms. The zero-order valence-electron chi connectivity index (χ0n) is 14.5. The number of pyridine rings is 1. The van der Waals surface area contributed by atoms with Gasteiger partial charge in [-0.05, 0) is 20.3 Å². The Bertz CT molecular complexity index is 972. The molecular formula is C17H19FN6O2. The molecule has 0 unspecified atom stereocenters. The molecule has 0 aromatic carbocycles. The van der Waals surface area contributed by atoms with E-state index in [2.05, 4.69) is 20.4 Å². The summed E-state index contributed by atoms with van der Waals surface area (Å²) in [6.45, 7) is 4.76. The Morgan fingerprint density at radius 2 is 2.23 bits per heavy atom. The molecule has 3 aromatic heterocycles. The lowest BCUT2D eigenvalue weighted by Crippen LogP contribution is -2.23. The molecule has 136 valence electrons. The minimum absolute atomic E-state index is 0.0340. The van der Waals surface area contributed by atoms with Crippen molar-refractivity contribution in [3.05, 3.63) is 35.7 Å². The van der Waals surface area contributed by atoms with Gasteiger partial charge in [-0.15, -0.1) is 0 Å². The van der Waals surface area contributed by atoms with Crippen molar-refractivity contribution in [2.24, 2.45) is 5.73 Å². The van der Waals surface area contributed by atoms with Crippen molar-refractivity contribution in [1.82, 2.24) is 19.6 Å². The molecule has 3 N–H and O–H groups in total. The van der Waals surface area contributed by atoms with E-state index in [-0.39, 0.29) is 17.7 Å². The van der Waals surface area contributed by atoms with E-state index in [1.165, 1.54) is 12.5 Å². The van der Waals surface area contributed by atoms with E-state index in [0.717, 1.165) is 5.56 Å². The monoisotopic (exact) mass is 358 g/mol. The Balaban J connectivity index is 1.71. The SMILES string of the molecule is Cc1c(OC[C@@H](C)N)cn2ncnc(Oc3cnc4c(c3F)CCN4)c12. The Labute approximate surface area is 149 Å². The molecule has 3 aromatic rings. The van der Waals surface area contributed by atoms with Crippen LogP contribution in [0.5, 0.6) is 17.4 Å². The van der Waals surface area contributed by atoms with Gasteiger partial charge < -0.3 is 20.5 Å². The number of rotatable bonds is 5. The number of anilines is 1. The van der Waals surface area contributed by atoms with Gasteiger partial charge in [0.2, 0.25) is 5.88 Å². The first-order valence-corrected chi connectivity index (χ1v) is 8.35. The van der Waals surface area contributed by atoms with Crippen LogP contribution >= 0.6 is 0 Å². The van der Waals surface area contributed by atoms with E-state index in [1.807, 2.05) is 13.8 Å². The van der Waals surface area contributed by atoms with Gasteiger partial charge in [0.1, 0.15) is 30.0 Å². The van der Waals surface area contributed by atoms with E-state index in [9.17, 15) is 4.39 Å². The van der Waals surface area contributed by atoms with Gasteiger partial charge in [-0.3, -0.25) is 0 Å². The third-order valence-corrected chi connectivity index (χ3v) is 4.20. The summed E-state index contributed by atoms with van der Waals surface area (Å²) in [5.41, 5.74) is 7.66. The highest BCUT2D eigenvalue weighted by atomic mass is 19.1. The minimum atomic E-state index is -0.422. The Kier molecular flexibility index (Phi) is 4.08. The van der Waals surface area contributed by atoms with Crippen molar-refractivity contribution in [3.63, 3.8) is 0 Å². The zero-order valence-corrected chi connectivity index (χ0v) is 14.5. The largest absolute Gasteiger partial charge is 0.490 e. The molecule has 0 bridgehead atoms. The fourth-order valence-electron chi connectivity index (χ4n) is 2.92. The quantitative estimate of drug-likeness (QED) is 0.720. The first-order chi connectivity index (χ1) is 12.5. The van der Waals surface area contributed by atoms with Gasteiger partial charge in [0.25, 0.3) is 0 Å². The Morgan fingerprint density at radius 1 is 1.38 bits per heavy atom. The summed E-state index contributed by atoms with van der Waals surface area (Å²) in [4.78, 5) is 8.37. The molecule has 0 aliphatic carbocycles. The smallest absolute Gasteiger partial charge is 0.247 e. The fourth-order valence-corrected chi connectivity index (χ4v) is 2.92. The highest BCUT2D eigenvalue weighted by molar-refractivity contribution is 5.67. The van der Waals surface area contributed by atoms with Crippen molar-refractivity contribution in [2.75, 3.05) is 18.5 Å². The van der Waals surface area contributed by atoms with Crippen LogP contribution in [0.4, 0.5) is 10.2 Å². The predicted octanol–water partition coefficient (Wildman–Crippen LogP) is 2.06. The molecule has 0 saturated carbocycles. The molecular weight excluding hydrogens is 339 g/mol. The average molecular weight is 358 g/mol. The van der Waals surface area contributed by atoms with Gasteiger partial charge in [-0.25, -0.2) is 13.9 Å². The highest BCUT2D eigenvalue weighted by Crippen LogP contribution is 2.35. The molecule has 4 heterocycles. The van der Waals surface area contributed by atoms with Crippen LogP contribution in [-0.2, 0) is 6.42 Å². The molecule has 1 aliphatic rings. The van der Waals surface area contributed by atoms with Crippen LogP contribution in [0.15, 0.2) is 18.7 Å². The van der Waals surface area contributed by atoms with Crippen LogP contribution in [0.2, 0.25) is 0 Å². The van der Waals surface area contributed by atoms with Gasteiger partial charge >= 0.3 is 0 Å². The van der Waals surface area contributed by atoms with E-state index in [4.69, 9.17) is 15.2 Å². The Hall–Kier alpha value is -2.94. The van der Waals surface area contributed by atoms with Gasteiger partial charge in [-0.2, -0.15) is 10.1 Å². The normalized spacial score (nSPS) is 14.2. The third-order valence-electron chi connectivity index (χ3n) is 4.20. The van der Waals surface area contributed by atoms with Crippen LogP contribution in [-0.4, -0.2) is 38.8 Å². The molecule has 0 fully saturated rings. The molecule has 4 rings (SSSR count). The van der Waals surface area contributed by atoms with E-state index >= 15 is 0 Å². The number of hydrogen-bond donors (Lipinski definition) is 2. The molecule has 9 heteroatoms. The second-order valence-corrected chi connectivity index (χ2v) is 6.31. The number of nitrogens with two attached hydrogens (primary N) is 1.